The Morgan fingerprint density at radius 1 is 1.14 bits per heavy atom. The van der Waals surface area contributed by atoms with E-state index in [-0.39, 0.29) is 5.03 Å². The fraction of sp³-hybridized carbons (Fsp3) is 0.346. The third kappa shape index (κ3) is 6.88. The number of nitrogens with zero attached hydrogens (tertiary/aromatic N) is 3. The standard InChI is InChI=1S/C24H24ClFN6OS.C2H6/c25-19-9-7-16(8-10-20(19)26)30-22-21-23(29-14-28-22)32-24(34-21)31-17-5-3-15(4-6-17)12-27-13-18-2-1-11-33-18;1-2/h3-8,10,14,18,27H,1-2,9,11-13H2,(H2,28,29,30,31,32);1-2H3/t18-;/m1./s1. The summed E-state index contributed by atoms with van der Waals surface area (Å²) in [6.07, 6.45) is 9.20. The number of nitrogens with one attached hydrogen (secondary N) is 3. The van der Waals surface area contributed by atoms with Gasteiger partial charge < -0.3 is 20.7 Å². The van der Waals surface area contributed by atoms with E-state index in [9.17, 15) is 4.39 Å². The third-order valence-electron chi connectivity index (χ3n) is 5.55. The van der Waals surface area contributed by atoms with E-state index in [4.69, 9.17) is 16.3 Å². The van der Waals surface area contributed by atoms with Gasteiger partial charge in [0, 0.05) is 37.5 Å². The van der Waals surface area contributed by atoms with Crippen LogP contribution >= 0.6 is 22.9 Å². The lowest BCUT2D eigenvalue weighted by molar-refractivity contribution is 0.110. The molecule has 190 valence electrons. The number of ether oxygens (including phenoxy) is 1. The molecule has 5 rings (SSSR count). The molecule has 2 aromatic heterocycles. The summed E-state index contributed by atoms with van der Waals surface area (Å²) in [4.78, 5) is 13.2. The van der Waals surface area contributed by atoms with Crippen LogP contribution in [-0.4, -0.2) is 34.2 Å². The molecule has 3 aromatic rings. The Bertz CT molecular complexity index is 1250. The highest BCUT2D eigenvalue weighted by Gasteiger charge is 2.15. The normalized spacial score (nSPS) is 17.4. The summed E-state index contributed by atoms with van der Waals surface area (Å²) in [5.74, 6) is 0.175. The Morgan fingerprint density at radius 2 is 1.97 bits per heavy atom. The minimum Gasteiger partial charge on any atom is -0.377 e. The van der Waals surface area contributed by atoms with Crippen molar-refractivity contribution < 1.29 is 9.13 Å². The van der Waals surface area contributed by atoms with E-state index in [2.05, 4.69) is 43.0 Å². The van der Waals surface area contributed by atoms with E-state index in [1.54, 1.807) is 6.08 Å². The van der Waals surface area contributed by atoms with E-state index in [1.807, 2.05) is 32.1 Å². The molecule has 1 saturated heterocycles. The molecule has 0 unspecified atom stereocenters. The van der Waals surface area contributed by atoms with Crippen molar-refractivity contribution >= 4 is 49.9 Å². The second-order valence-corrected chi connectivity index (χ2v) is 9.51. The van der Waals surface area contributed by atoms with Gasteiger partial charge in [0.15, 0.2) is 16.6 Å². The Kier molecular flexibility index (Phi) is 9.41. The first-order valence-electron chi connectivity index (χ1n) is 12.1. The zero-order valence-electron chi connectivity index (χ0n) is 20.4. The number of rotatable bonds is 8. The van der Waals surface area contributed by atoms with Crippen molar-refractivity contribution in [3.8, 4) is 0 Å². The van der Waals surface area contributed by atoms with Crippen LogP contribution in [0, 0.1) is 0 Å². The number of benzene rings is 1. The lowest BCUT2D eigenvalue weighted by Gasteiger charge is -2.11. The molecule has 10 heteroatoms. The Balaban J connectivity index is 0.00000148. The third-order valence-corrected chi connectivity index (χ3v) is 6.86. The molecule has 0 saturated carbocycles. The zero-order valence-corrected chi connectivity index (χ0v) is 21.9. The van der Waals surface area contributed by atoms with Crippen LogP contribution in [0.2, 0.25) is 0 Å². The monoisotopic (exact) mass is 528 g/mol. The minimum atomic E-state index is -0.434. The maximum atomic E-state index is 13.7. The van der Waals surface area contributed by atoms with Crippen LogP contribution in [0.4, 0.5) is 21.0 Å². The van der Waals surface area contributed by atoms with Crippen molar-refractivity contribution in [3.63, 3.8) is 0 Å². The van der Waals surface area contributed by atoms with E-state index >= 15 is 0 Å². The van der Waals surface area contributed by atoms with Crippen molar-refractivity contribution in [3.05, 3.63) is 70.9 Å². The maximum absolute atomic E-state index is 13.7. The highest BCUT2D eigenvalue weighted by atomic mass is 35.5. The summed E-state index contributed by atoms with van der Waals surface area (Å²) in [6.45, 7) is 6.57. The van der Waals surface area contributed by atoms with Crippen LogP contribution in [-0.2, 0) is 11.3 Å². The second-order valence-electron chi connectivity index (χ2n) is 8.06. The molecule has 0 spiro atoms. The molecule has 0 radical (unpaired) electrons. The van der Waals surface area contributed by atoms with Crippen molar-refractivity contribution in [2.75, 3.05) is 23.8 Å². The molecule has 3 heterocycles. The molecule has 1 aliphatic heterocycles. The summed E-state index contributed by atoms with van der Waals surface area (Å²) in [7, 11) is 0. The summed E-state index contributed by atoms with van der Waals surface area (Å²) >= 11 is 7.36. The molecule has 0 bridgehead atoms. The van der Waals surface area contributed by atoms with Gasteiger partial charge in [-0.25, -0.2) is 14.4 Å². The summed E-state index contributed by atoms with van der Waals surface area (Å²) < 4.78 is 20.2. The van der Waals surface area contributed by atoms with Gasteiger partial charge in [-0.1, -0.05) is 55.0 Å². The summed E-state index contributed by atoms with van der Waals surface area (Å²) in [6, 6.07) is 8.25. The first kappa shape index (κ1) is 26.2. The summed E-state index contributed by atoms with van der Waals surface area (Å²) in [5, 5.41) is 10.9. The van der Waals surface area contributed by atoms with Gasteiger partial charge in [-0.15, -0.1) is 0 Å². The molecule has 1 aliphatic carbocycles. The van der Waals surface area contributed by atoms with Crippen LogP contribution in [0.1, 0.15) is 38.7 Å². The molecule has 1 fully saturated rings. The Morgan fingerprint density at radius 3 is 2.75 bits per heavy atom. The topological polar surface area (TPSA) is 84.0 Å². The van der Waals surface area contributed by atoms with Crippen LogP contribution in [0.3, 0.4) is 0 Å². The molecule has 36 heavy (non-hydrogen) atoms. The van der Waals surface area contributed by atoms with Gasteiger partial charge in [0.1, 0.15) is 16.9 Å². The number of thiazole rings is 1. The molecular formula is C26H30ClFN6OS. The van der Waals surface area contributed by atoms with E-state index < -0.39 is 5.83 Å². The highest BCUT2D eigenvalue weighted by Crippen LogP contribution is 2.32. The number of halogens is 2. The van der Waals surface area contributed by atoms with E-state index in [0.717, 1.165) is 42.9 Å². The number of anilines is 3. The molecule has 3 N–H and O–H groups in total. The number of aromatic nitrogens is 3. The maximum Gasteiger partial charge on any atom is 0.189 e. The first-order valence-corrected chi connectivity index (χ1v) is 13.3. The predicted molar refractivity (Wildman–Crippen MR) is 146 cm³/mol. The van der Waals surface area contributed by atoms with Gasteiger partial charge >= 0.3 is 0 Å². The molecule has 1 atom stereocenters. The lowest BCUT2D eigenvalue weighted by Crippen LogP contribution is -2.25. The molecule has 2 aliphatic rings. The largest absolute Gasteiger partial charge is 0.377 e. The van der Waals surface area contributed by atoms with Crippen LogP contribution in [0.25, 0.3) is 10.3 Å². The number of hydrogen-bond donors (Lipinski definition) is 3. The smallest absolute Gasteiger partial charge is 0.189 e. The van der Waals surface area contributed by atoms with Crippen molar-refractivity contribution in [1.82, 2.24) is 20.3 Å². The van der Waals surface area contributed by atoms with Crippen LogP contribution in [0.5, 0.6) is 0 Å². The van der Waals surface area contributed by atoms with Gasteiger partial charge in [0.25, 0.3) is 0 Å². The average Bonchev–Trinajstić information content (AvgIpc) is 3.54. The van der Waals surface area contributed by atoms with Gasteiger partial charge in [0.05, 0.1) is 11.1 Å². The highest BCUT2D eigenvalue weighted by molar-refractivity contribution is 7.22. The van der Waals surface area contributed by atoms with Gasteiger partial charge in [0.2, 0.25) is 0 Å². The van der Waals surface area contributed by atoms with Crippen molar-refractivity contribution in [1.29, 1.82) is 0 Å². The lowest BCUT2D eigenvalue weighted by atomic mass is 10.2. The van der Waals surface area contributed by atoms with Crippen LogP contribution in [0.15, 0.2) is 65.4 Å². The van der Waals surface area contributed by atoms with E-state index in [0.29, 0.717) is 34.8 Å². The number of allylic oxidation sites excluding steroid dienone is 5. The van der Waals surface area contributed by atoms with Crippen molar-refractivity contribution in [2.24, 2.45) is 0 Å². The Labute approximate surface area is 219 Å². The minimum absolute atomic E-state index is 0.176. The fourth-order valence-electron chi connectivity index (χ4n) is 3.76. The van der Waals surface area contributed by atoms with E-state index in [1.165, 1.54) is 29.3 Å². The summed E-state index contributed by atoms with van der Waals surface area (Å²) in [5.41, 5.74) is 3.44. The number of fused-ring (bicyclic) bond motifs is 1. The average molecular weight is 529 g/mol. The van der Waals surface area contributed by atoms with Crippen molar-refractivity contribution in [2.45, 2.75) is 45.8 Å². The Hall–Kier alpha value is -2.85. The number of hydrogen-bond acceptors (Lipinski definition) is 8. The zero-order chi connectivity index (χ0) is 25.3. The SMILES string of the molecule is CC.FC1=C(Cl)CC=C(Nc2ncnc3nc(Nc4ccc(CNC[C@H]5CCCO5)cc4)sc23)C=C1. The van der Waals surface area contributed by atoms with Gasteiger partial charge in [-0.3, -0.25) is 0 Å². The molecular weight excluding hydrogens is 499 g/mol. The van der Waals surface area contributed by atoms with Crippen LogP contribution < -0.4 is 16.0 Å². The molecule has 0 amide bonds. The van der Waals surface area contributed by atoms with Gasteiger partial charge in [-0.2, -0.15) is 4.98 Å². The quantitative estimate of drug-likeness (QED) is 0.296. The molecule has 1 aromatic carbocycles. The second kappa shape index (κ2) is 12.9. The predicted octanol–water partition coefficient (Wildman–Crippen LogP) is 6.80. The van der Waals surface area contributed by atoms with Gasteiger partial charge in [-0.05, 0) is 42.7 Å². The fourth-order valence-corrected chi connectivity index (χ4v) is 4.78. The molecule has 7 nitrogen and oxygen atoms in total. The first-order chi connectivity index (χ1) is 17.6.